The molecule has 1 aliphatic carbocycles. The minimum Gasteiger partial charge on any atom is -0.332 e. The van der Waals surface area contributed by atoms with Gasteiger partial charge in [0.25, 0.3) is 11.8 Å². The molecule has 0 atom stereocenters. The third-order valence-electron chi connectivity index (χ3n) is 4.60. The second kappa shape index (κ2) is 5.57. The summed E-state index contributed by atoms with van der Waals surface area (Å²) in [6, 6.07) is 5.35. The molecular weight excluding hydrogens is 369 g/mol. The molecule has 0 N–H and O–H groups in total. The molecule has 0 amide bonds. The van der Waals surface area contributed by atoms with E-state index in [1.54, 1.807) is 0 Å². The Morgan fingerprint density at radius 1 is 1.27 bits per heavy atom. The number of alkyl halides is 2. The van der Waals surface area contributed by atoms with E-state index in [2.05, 4.69) is 15.2 Å². The second-order valence-corrected chi connectivity index (χ2v) is 6.96. The molecule has 136 valence electrons. The molecule has 1 aliphatic rings. The van der Waals surface area contributed by atoms with Crippen LogP contribution in [0, 0.1) is 5.82 Å². The lowest BCUT2D eigenvalue weighted by Gasteiger charge is -2.12. The zero-order valence-corrected chi connectivity index (χ0v) is 14.7. The number of halogens is 4. The van der Waals surface area contributed by atoms with Crippen molar-refractivity contribution in [1.29, 1.82) is 0 Å². The lowest BCUT2D eigenvalue weighted by atomic mass is 9.95. The topological polar surface area (TPSA) is 56.7 Å². The van der Waals surface area contributed by atoms with Crippen LogP contribution in [0.5, 0.6) is 0 Å². The van der Waals surface area contributed by atoms with E-state index in [1.807, 2.05) is 0 Å². The minimum absolute atomic E-state index is 0.0323. The number of nitrogens with zero attached hydrogens (tertiary/aromatic N) is 4. The van der Waals surface area contributed by atoms with Crippen LogP contribution < -0.4 is 0 Å². The molecule has 0 unspecified atom stereocenters. The fourth-order valence-corrected chi connectivity index (χ4v) is 3.41. The first kappa shape index (κ1) is 17.1. The van der Waals surface area contributed by atoms with Gasteiger partial charge in [-0.1, -0.05) is 16.8 Å². The van der Waals surface area contributed by atoms with Gasteiger partial charge in [-0.05, 0) is 42.7 Å². The van der Waals surface area contributed by atoms with E-state index < -0.39 is 17.2 Å². The Labute approximate surface area is 151 Å². The van der Waals surface area contributed by atoms with Crippen LogP contribution in [-0.4, -0.2) is 19.9 Å². The Morgan fingerprint density at radius 3 is 2.62 bits per heavy atom. The molecule has 0 radical (unpaired) electrons. The largest absolute Gasteiger partial charge is 0.332 e. The number of hydrogen-bond acceptors (Lipinski definition) is 4. The molecule has 4 rings (SSSR count). The quantitative estimate of drug-likeness (QED) is 0.668. The van der Waals surface area contributed by atoms with Crippen LogP contribution >= 0.6 is 11.6 Å². The van der Waals surface area contributed by atoms with Crippen molar-refractivity contribution in [1.82, 2.24) is 19.9 Å². The number of aryl methyl sites for hydroxylation is 1. The molecule has 1 saturated carbocycles. The standard InChI is InChI=1S/C17H14ClF3N4O/c1-16(20,21)13-8-12(23-25(13)2)14-22-15(24-26-14)17(5-6-17)10-7-9(19)3-4-11(10)18/h3-4,7-8H,5-6H2,1-2H3. The molecule has 26 heavy (non-hydrogen) atoms. The molecule has 0 spiro atoms. The van der Waals surface area contributed by atoms with E-state index >= 15 is 0 Å². The fraction of sp³-hybridized carbons (Fsp3) is 0.353. The maximum Gasteiger partial charge on any atom is 0.286 e. The first-order valence-corrected chi connectivity index (χ1v) is 8.31. The zero-order chi connectivity index (χ0) is 18.7. The summed E-state index contributed by atoms with van der Waals surface area (Å²) < 4.78 is 47.1. The van der Waals surface area contributed by atoms with Gasteiger partial charge in [0, 0.05) is 19.0 Å². The van der Waals surface area contributed by atoms with E-state index in [0.717, 1.165) is 11.6 Å². The van der Waals surface area contributed by atoms with Gasteiger partial charge < -0.3 is 4.52 Å². The highest BCUT2D eigenvalue weighted by Gasteiger charge is 2.51. The normalized spacial score (nSPS) is 16.1. The number of benzene rings is 1. The third kappa shape index (κ3) is 2.68. The Balaban J connectivity index is 1.72. The Hall–Kier alpha value is -2.35. The minimum atomic E-state index is -3.05. The smallest absolute Gasteiger partial charge is 0.286 e. The van der Waals surface area contributed by atoms with Crippen LogP contribution in [0.25, 0.3) is 11.6 Å². The SMILES string of the molecule is Cn1nc(-c2nc(C3(c4cc(F)ccc4Cl)CC3)no2)cc1C(C)(F)F. The van der Waals surface area contributed by atoms with Gasteiger partial charge in [0.1, 0.15) is 11.5 Å². The second-order valence-electron chi connectivity index (χ2n) is 6.56. The van der Waals surface area contributed by atoms with Gasteiger partial charge in [0.15, 0.2) is 11.5 Å². The molecule has 0 bridgehead atoms. The number of aromatic nitrogens is 4. The van der Waals surface area contributed by atoms with E-state index in [9.17, 15) is 13.2 Å². The Kier molecular flexibility index (Phi) is 3.66. The molecule has 9 heteroatoms. The maximum atomic E-state index is 13.6. The van der Waals surface area contributed by atoms with Crippen molar-refractivity contribution in [2.45, 2.75) is 31.1 Å². The van der Waals surface area contributed by atoms with Crippen molar-refractivity contribution >= 4 is 11.6 Å². The van der Waals surface area contributed by atoms with E-state index in [1.165, 1.54) is 31.3 Å². The van der Waals surface area contributed by atoms with Crippen molar-refractivity contribution in [3.8, 4) is 11.6 Å². The fourth-order valence-electron chi connectivity index (χ4n) is 3.11. The van der Waals surface area contributed by atoms with Crippen LogP contribution in [0.4, 0.5) is 13.2 Å². The number of rotatable bonds is 4. The van der Waals surface area contributed by atoms with Gasteiger partial charge in [-0.25, -0.2) is 4.39 Å². The third-order valence-corrected chi connectivity index (χ3v) is 4.93. The zero-order valence-electron chi connectivity index (χ0n) is 13.9. The van der Waals surface area contributed by atoms with Crippen molar-refractivity contribution in [3.05, 3.63) is 52.2 Å². The summed E-state index contributed by atoms with van der Waals surface area (Å²) in [5, 5.41) is 8.41. The van der Waals surface area contributed by atoms with Gasteiger partial charge in [-0.15, -0.1) is 0 Å². The summed E-state index contributed by atoms with van der Waals surface area (Å²) in [6.07, 6.45) is 1.38. The molecule has 5 nitrogen and oxygen atoms in total. The van der Waals surface area contributed by atoms with E-state index in [0.29, 0.717) is 29.3 Å². The molecule has 1 fully saturated rings. The highest BCUT2D eigenvalue weighted by Crippen LogP contribution is 2.54. The van der Waals surface area contributed by atoms with Gasteiger partial charge in [-0.2, -0.15) is 18.9 Å². The molecule has 2 aromatic heterocycles. The molecule has 1 aromatic carbocycles. The van der Waals surface area contributed by atoms with Crippen molar-refractivity contribution in [2.75, 3.05) is 0 Å². The van der Waals surface area contributed by atoms with Gasteiger partial charge >= 0.3 is 0 Å². The first-order valence-electron chi connectivity index (χ1n) is 7.93. The van der Waals surface area contributed by atoms with Gasteiger partial charge in [0.2, 0.25) is 0 Å². The summed E-state index contributed by atoms with van der Waals surface area (Å²) in [4.78, 5) is 4.32. The summed E-state index contributed by atoms with van der Waals surface area (Å²) in [7, 11) is 1.42. The molecular formula is C17H14ClF3N4O. The highest BCUT2D eigenvalue weighted by molar-refractivity contribution is 6.31. The van der Waals surface area contributed by atoms with Crippen molar-refractivity contribution in [3.63, 3.8) is 0 Å². The monoisotopic (exact) mass is 382 g/mol. The maximum absolute atomic E-state index is 13.6. The molecule has 2 heterocycles. The molecule has 3 aromatic rings. The van der Waals surface area contributed by atoms with Crippen LogP contribution in [0.15, 0.2) is 28.8 Å². The lowest BCUT2D eigenvalue weighted by molar-refractivity contribution is 0.00883. The van der Waals surface area contributed by atoms with Crippen molar-refractivity contribution in [2.24, 2.45) is 7.05 Å². The Bertz CT molecular complexity index is 988. The average Bonchev–Trinajstić information content (AvgIpc) is 3.02. The lowest BCUT2D eigenvalue weighted by Crippen LogP contribution is -2.12. The summed E-state index contributed by atoms with van der Waals surface area (Å²) >= 11 is 6.22. The predicted octanol–water partition coefficient (Wildman–Crippen LogP) is 4.45. The molecule has 0 saturated heterocycles. The van der Waals surface area contributed by atoms with Crippen LogP contribution in [0.1, 0.15) is 36.8 Å². The summed E-state index contributed by atoms with van der Waals surface area (Å²) in [6.45, 7) is 0.790. The van der Waals surface area contributed by atoms with Gasteiger partial charge in [-0.3, -0.25) is 4.68 Å². The van der Waals surface area contributed by atoms with Crippen LogP contribution in [0.3, 0.4) is 0 Å². The summed E-state index contributed by atoms with van der Waals surface area (Å²) in [5.74, 6) is -3.07. The van der Waals surface area contributed by atoms with Gasteiger partial charge in [0.05, 0.1) is 5.41 Å². The average molecular weight is 383 g/mol. The van der Waals surface area contributed by atoms with Crippen molar-refractivity contribution < 1.29 is 17.7 Å². The van der Waals surface area contributed by atoms with Crippen LogP contribution in [-0.2, 0) is 18.4 Å². The van der Waals surface area contributed by atoms with E-state index in [4.69, 9.17) is 16.1 Å². The molecule has 0 aliphatic heterocycles. The van der Waals surface area contributed by atoms with E-state index in [-0.39, 0.29) is 17.3 Å². The summed E-state index contributed by atoms with van der Waals surface area (Å²) in [5.41, 5.74) is -0.133. The highest BCUT2D eigenvalue weighted by atomic mass is 35.5. The predicted molar refractivity (Wildman–Crippen MR) is 87.5 cm³/mol. The Morgan fingerprint density at radius 2 is 2.00 bits per heavy atom. The number of hydrogen-bond donors (Lipinski definition) is 0. The van der Waals surface area contributed by atoms with Crippen LogP contribution in [0.2, 0.25) is 5.02 Å². The first-order chi connectivity index (χ1) is 12.2.